The van der Waals surface area contributed by atoms with E-state index in [4.69, 9.17) is 4.98 Å². The lowest BCUT2D eigenvalue weighted by atomic mass is 10.0. The SMILES string of the molecule is O=C(NCCCc1nc2ccccc2n1Cc1cccc2ccccc12)c1cccnc1. The predicted octanol–water partition coefficient (Wildman–Crippen LogP) is 5.00. The van der Waals surface area contributed by atoms with Crippen molar-refractivity contribution in [3.8, 4) is 0 Å². The monoisotopic (exact) mass is 420 g/mol. The number of carbonyl (C=O) groups excluding carboxylic acids is 1. The second-order valence-corrected chi connectivity index (χ2v) is 7.84. The highest BCUT2D eigenvalue weighted by atomic mass is 16.1. The van der Waals surface area contributed by atoms with E-state index in [2.05, 4.69) is 75.5 Å². The molecule has 5 rings (SSSR count). The fraction of sp³-hybridized carbons (Fsp3) is 0.148. The van der Waals surface area contributed by atoms with E-state index in [0.717, 1.165) is 36.2 Å². The molecule has 158 valence electrons. The highest BCUT2D eigenvalue weighted by molar-refractivity contribution is 5.93. The van der Waals surface area contributed by atoms with Gasteiger partial charge >= 0.3 is 0 Å². The van der Waals surface area contributed by atoms with E-state index in [1.165, 1.54) is 16.3 Å². The minimum absolute atomic E-state index is 0.0950. The number of imidazole rings is 1. The minimum Gasteiger partial charge on any atom is -0.352 e. The van der Waals surface area contributed by atoms with Crippen LogP contribution in [0.3, 0.4) is 0 Å². The zero-order valence-electron chi connectivity index (χ0n) is 17.7. The molecule has 0 aliphatic carbocycles. The Bertz CT molecular complexity index is 1370. The van der Waals surface area contributed by atoms with Crippen LogP contribution >= 0.6 is 0 Å². The summed E-state index contributed by atoms with van der Waals surface area (Å²) in [6.07, 6.45) is 4.84. The van der Waals surface area contributed by atoms with Gasteiger partial charge in [0.1, 0.15) is 5.82 Å². The highest BCUT2D eigenvalue weighted by Crippen LogP contribution is 2.23. The molecule has 0 atom stereocenters. The molecule has 32 heavy (non-hydrogen) atoms. The lowest BCUT2D eigenvalue weighted by Crippen LogP contribution is -2.25. The first kappa shape index (κ1) is 19.9. The van der Waals surface area contributed by atoms with Gasteiger partial charge in [-0.1, -0.05) is 54.6 Å². The fourth-order valence-corrected chi connectivity index (χ4v) is 4.14. The Morgan fingerprint density at radius 3 is 2.66 bits per heavy atom. The number of rotatable bonds is 7. The maximum Gasteiger partial charge on any atom is 0.252 e. The molecule has 0 fully saturated rings. The molecule has 0 saturated heterocycles. The molecule has 0 saturated carbocycles. The molecule has 5 heteroatoms. The number of amides is 1. The summed E-state index contributed by atoms with van der Waals surface area (Å²) in [6, 6.07) is 26.7. The molecule has 3 aromatic carbocycles. The lowest BCUT2D eigenvalue weighted by Gasteiger charge is -2.12. The summed E-state index contributed by atoms with van der Waals surface area (Å²) in [6.45, 7) is 1.35. The molecule has 0 aliphatic heterocycles. The van der Waals surface area contributed by atoms with Gasteiger partial charge in [0.25, 0.3) is 5.91 Å². The Labute approximate surface area is 186 Å². The van der Waals surface area contributed by atoms with Crippen LogP contribution in [0.2, 0.25) is 0 Å². The van der Waals surface area contributed by atoms with Crippen LogP contribution in [0, 0.1) is 0 Å². The van der Waals surface area contributed by atoms with Crippen molar-refractivity contribution >= 4 is 27.7 Å². The highest BCUT2D eigenvalue weighted by Gasteiger charge is 2.12. The number of benzene rings is 3. The number of aryl methyl sites for hydroxylation is 1. The van der Waals surface area contributed by atoms with Crippen molar-refractivity contribution in [2.45, 2.75) is 19.4 Å². The summed E-state index contributed by atoms with van der Waals surface area (Å²) in [5.41, 5.74) is 3.99. The van der Waals surface area contributed by atoms with Gasteiger partial charge in [0, 0.05) is 31.9 Å². The number of pyridine rings is 1. The summed E-state index contributed by atoms with van der Waals surface area (Å²) in [5, 5.41) is 5.49. The van der Waals surface area contributed by atoms with E-state index < -0.39 is 0 Å². The average molecular weight is 421 g/mol. The van der Waals surface area contributed by atoms with E-state index >= 15 is 0 Å². The number of carbonyl (C=O) groups is 1. The number of nitrogens with zero attached hydrogens (tertiary/aromatic N) is 3. The third-order valence-electron chi connectivity index (χ3n) is 5.73. The molecular formula is C27H24N4O. The molecule has 1 amide bonds. The van der Waals surface area contributed by atoms with Crippen molar-refractivity contribution < 1.29 is 4.79 Å². The predicted molar refractivity (Wildman–Crippen MR) is 128 cm³/mol. The van der Waals surface area contributed by atoms with Crippen molar-refractivity contribution in [2.24, 2.45) is 0 Å². The molecule has 2 aromatic heterocycles. The normalized spacial score (nSPS) is 11.1. The molecule has 5 aromatic rings. The third kappa shape index (κ3) is 4.10. The van der Waals surface area contributed by atoms with Crippen LogP contribution in [0.4, 0.5) is 0 Å². The topological polar surface area (TPSA) is 59.8 Å². The Kier molecular flexibility index (Phi) is 5.62. The Morgan fingerprint density at radius 2 is 1.75 bits per heavy atom. The van der Waals surface area contributed by atoms with E-state index in [1.807, 2.05) is 6.07 Å². The maximum absolute atomic E-state index is 12.3. The van der Waals surface area contributed by atoms with Gasteiger partial charge < -0.3 is 9.88 Å². The fourth-order valence-electron chi connectivity index (χ4n) is 4.14. The molecule has 0 spiro atoms. The zero-order chi connectivity index (χ0) is 21.8. The van der Waals surface area contributed by atoms with Crippen molar-refractivity contribution in [1.82, 2.24) is 19.9 Å². The Balaban J connectivity index is 1.36. The summed E-state index contributed by atoms with van der Waals surface area (Å²) >= 11 is 0. The molecule has 0 unspecified atom stereocenters. The van der Waals surface area contributed by atoms with Crippen molar-refractivity contribution in [1.29, 1.82) is 0 Å². The number of hydrogen-bond donors (Lipinski definition) is 1. The first-order valence-electron chi connectivity index (χ1n) is 10.9. The summed E-state index contributed by atoms with van der Waals surface area (Å²) < 4.78 is 2.31. The Hall–Kier alpha value is -3.99. The lowest BCUT2D eigenvalue weighted by molar-refractivity contribution is 0.0953. The van der Waals surface area contributed by atoms with Gasteiger partial charge in [-0.05, 0) is 47.0 Å². The molecule has 1 N–H and O–H groups in total. The van der Waals surface area contributed by atoms with E-state index in [1.54, 1.807) is 24.5 Å². The number of nitrogens with one attached hydrogen (secondary N) is 1. The minimum atomic E-state index is -0.0950. The van der Waals surface area contributed by atoms with Crippen molar-refractivity contribution in [3.05, 3.63) is 108 Å². The van der Waals surface area contributed by atoms with E-state index in [0.29, 0.717) is 12.1 Å². The molecule has 0 bridgehead atoms. The van der Waals surface area contributed by atoms with Crippen LogP contribution < -0.4 is 5.32 Å². The van der Waals surface area contributed by atoms with Gasteiger partial charge in [-0.25, -0.2) is 4.98 Å². The summed E-state index contributed by atoms with van der Waals surface area (Å²) in [5.74, 6) is 0.942. The largest absolute Gasteiger partial charge is 0.352 e. The quantitative estimate of drug-likeness (QED) is 0.377. The molecule has 0 radical (unpaired) electrons. The number of para-hydroxylation sites is 2. The van der Waals surface area contributed by atoms with Crippen LogP contribution in [0.1, 0.15) is 28.2 Å². The Morgan fingerprint density at radius 1 is 0.906 bits per heavy atom. The van der Waals surface area contributed by atoms with E-state index in [-0.39, 0.29) is 5.91 Å². The number of hydrogen-bond acceptors (Lipinski definition) is 3. The first-order chi connectivity index (χ1) is 15.8. The van der Waals surface area contributed by atoms with Gasteiger partial charge in [-0.2, -0.15) is 0 Å². The zero-order valence-corrected chi connectivity index (χ0v) is 17.7. The van der Waals surface area contributed by atoms with Crippen LogP contribution in [-0.2, 0) is 13.0 Å². The van der Waals surface area contributed by atoms with E-state index in [9.17, 15) is 4.79 Å². The summed E-state index contributed by atoms with van der Waals surface area (Å²) in [7, 11) is 0. The smallest absolute Gasteiger partial charge is 0.252 e. The summed E-state index contributed by atoms with van der Waals surface area (Å²) in [4.78, 5) is 21.2. The number of fused-ring (bicyclic) bond motifs is 2. The second kappa shape index (κ2) is 9.02. The van der Waals surface area contributed by atoms with Crippen LogP contribution in [0.25, 0.3) is 21.8 Å². The molecule has 0 aliphatic rings. The van der Waals surface area contributed by atoms with Gasteiger partial charge in [-0.15, -0.1) is 0 Å². The van der Waals surface area contributed by atoms with Crippen molar-refractivity contribution in [3.63, 3.8) is 0 Å². The standard InChI is InChI=1S/C27H24N4O/c32-27(21-11-6-16-28-18-21)29-17-7-15-26-30-24-13-3-4-14-25(24)31(26)19-22-10-5-9-20-8-1-2-12-23(20)22/h1-6,8-14,16,18H,7,15,17,19H2,(H,29,32). The van der Waals surface area contributed by atoms with Crippen LogP contribution in [0.15, 0.2) is 91.3 Å². The van der Waals surface area contributed by atoms with Crippen molar-refractivity contribution in [2.75, 3.05) is 6.54 Å². The van der Waals surface area contributed by atoms with Crippen LogP contribution in [0.5, 0.6) is 0 Å². The van der Waals surface area contributed by atoms with Crippen LogP contribution in [-0.4, -0.2) is 27.0 Å². The van der Waals surface area contributed by atoms with Gasteiger partial charge in [0.2, 0.25) is 0 Å². The molecule has 2 heterocycles. The second-order valence-electron chi connectivity index (χ2n) is 7.84. The number of aromatic nitrogens is 3. The average Bonchev–Trinajstić information content (AvgIpc) is 3.19. The van der Waals surface area contributed by atoms with Gasteiger partial charge in [0.15, 0.2) is 0 Å². The maximum atomic E-state index is 12.3. The molecule has 5 nitrogen and oxygen atoms in total. The van der Waals surface area contributed by atoms with Gasteiger partial charge in [-0.3, -0.25) is 9.78 Å². The first-order valence-corrected chi connectivity index (χ1v) is 10.9. The third-order valence-corrected chi connectivity index (χ3v) is 5.73. The molecular weight excluding hydrogens is 396 g/mol. The van der Waals surface area contributed by atoms with Gasteiger partial charge in [0.05, 0.1) is 16.6 Å².